The van der Waals surface area contributed by atoms with E-state index in [0.29, 0.717) is 12.0 Å². The van der Waals surface area contributed by atoms with Gasteiger partial charge in [-0.15, -0.1) is 23.2 Å². The Labute approximate surface area is 192 Å². The number of nitro groups is 1. The molecule has 10 nitrogen and oxygen atoms in total. The maximum Gasteiger partial charge on any atom is 0.326 e. The third kappa shape index (κ3) is 3.71. The summed E-state index contributed by atoms with van der Waals surface area (Å²) in [4.78, 5) is 61.0. The van der Waals surface area contributed by atoms with Crippen molar-refractivity contribution in [3.63, 3.8) is 0 Å². The van der Waals surface area contributed by atoms with Crippen LogP contribution in [0.4, 0.5) is 11.4 Å². The van der Waals surface area contributed by atoms with Crippen molar-refractivity contribution in [3.8, 4) is 0 Å². The minimum atomic E-state index is -0.922. The van der Waals surface area contributed by atoms with Crippen molar-refractivity contribution in [1.82, 2.24) is 4.90 Å². The highest BCUT2D eigenvalue weighted by molar-refractivity contribution is 6.31. The Balaban J connectivity index is 1.32. The number of imide groups is 1. The van der Waals surface area contributed by atoms with Gasteiger partial charge in [-0.25, -0.2) is 0 Å². The number of benzene rings is 1. The van der Waals surface area contributed by atoms with Crippen LogP contribution in [-0.2, 0) is 23.9 Å². The van der Waals surface area contributed by atoms with Crippen LogP contribution in [0.3, 0.4) is 0 Å². The van der Waals surface area contributed by atoms with E-state index in [-0.39, 0.29) is 23.2 Å². The number of alkyl halides is 2. The van der Waals surface area contributed by atoms with E-state index in [1.807, 2.05) is 0 Å². The average Bonchev–Trinajstić information content (AvgIpc) is 3.34. The lowest BCUT2D eigenvalue weighted by Gasteiger charge is -2.28. The number of carbonyl (C=O) groups is 4. The summed E-state index contributed by atoms with van der Waals surface area (Å²) < 4.78 is 4.89. The predicted octanol–water partition coefficient (Wildman–Crippen LogP) is 1.85. The number of hydrogen-bond acceptors (Lipinski definition) is 7. The highest BCUT2D eigenvalue weighted by Crippen LogP contribution is 2.59. The molecule has 1 aromatic rings. The van der Waals surface area contributed by atoms with E-state index < -0.39 is 64.4 Å². The Hall–Kier alpha value is -2.72. The molecule has 1 aliphatic heterocycles. The summed E-state index contributed by atoms with van der Waals surface area (Å²) in [7, 11) is 0. The van der Waals surface area contributed by atoms with Crippen LogP contribution in [0.5, 0.6) is 0 Å². The van der Waals surface area contributed by atoms with Crippen molar-refractivity contribution in [2.24, 2.45) is 23.7 Å². The summed E-state index contributed by atoms with van der Waals surface area (Å²) in [6, 6.07) is 4.15. The van der Waals surface area contributed by atoms with Crippen molar-refractivity contribution >= 4 is 58.3 Å². The first-order valence-electron chi connectivity index (χ1n) is 9.94. The van der Waals surface area contributed by atoms with Gasteiger partial charge in [0.05, 0.1) is 27.5 Å². The van der Waals surface area contributed by atoms with Gasteiger partial charge in [-0.2, -0.15) is 0 Å². The lowest BCUT2D eigenvalue weighted by Crippen LogP contribution is -2.38. The predicted molar refractivity (Wildman–Crippen MR) is 112 cm³/mol. The molecule has 1 saturated heterocycles. The highest BCUT2D eigenvalue weighted by Gasteiger charge is 2.66. The molecular formula is C20H19Cl2N3O7. The molecule has 6 atom stereocenters. The smallest absolute Gasteiger partial charge is 0.326 e. The highest BCUT2D eigenvalue weighted by atomic mass is 35.5. The molecule has 32 heavy (non-hydrogen) atoms. The van der Waals surface area contributed by atoms with Crippen LogP contribution in [0.15, 0.2) is 18.2 Å². The molecule has 170 valence electrons. The second-order valence-corrected chi connectivity index (χ2v) is 9.24. The fourth-order valence-corrected chi connectivity index (χ4v) is 5.86. The molecule has 1 aromatic carbocycles. The number of nitrogens with zero attached hydrogens (tertiary/aromatic N) is 2. The number of nitrogens with one attached hydrogen (secondary N) is 1. The van der Waals surface area contributed by atoms with Crippen molar-refractivity contribution < 1.29 is 28.8 Å². The summed E-state index contributed by atoms with van der Waals surface area (Å²) in [6.07, 6.45) is 0.616. The third-order valence-corrected chi connectivity index (χ3v) is 7.74. The Bertz CT molecular complexity index is 1000. The number of fused-ring (bicyclic) bond motifs is 5. The maximum absolute atomic E-state index is 12.7. The molecule has 12 heteroatoms. The van der Waals surface area contributed by atoms with Gasteiger partial charge in [-0.3, -0.25) is 34.2 Å². The van der Waals surface area contributed by atoms with Gasteiger partial charge in [-0.05, 0) is 31.2 Å². The Morgan fingerprint density at radius 1 is 1.19 bits per heavy atom. The van der Waals surface area contributed by atoms with E-state index in [4.69, 9.17) is 27.9 Å². The van der Waals surface area contributed by atoms with Crippen LogP contribution in [0.1, 0.15) is 12.0 Å². The second-order valence-electron chi connectivity index (χ2n) is 8.23. The first-order chi connectivity index (χ1) is 15.1. The van der Waals surface area contributed by atoms with Gasteiger partial charge in [0.15, 0.2) is 6.61 Å². The normalized spacial score (nSPS) is 30.4. The van der Waals surface area contributed by atoms with Crippen LogP contribution >= 0.6 is 23.2 Å². The monoisotopic (exact) mass is 483 g/mol. The average molecular weight is 484 g/mol. The van der Waals surface area contributed by atoms with E-state index in [1.165, 1.54) is 18.2 Å². The molecule has 2 saturated carbocycles. The standard InChI is InChI=1S/C20H19Cl2N3O7/c1-8-2-3-9(4-12(8)25(30)31)23-13(26)7-32-14(27)6-24-19(28)15-10-5-11(16(15)20(24)29)18(22)17(10)21/h2-4,10-11,15-18H,5-7H2,1H3,(H,23,26)/t10-,11-,15-,16+,17+,18+/m1/s1. The lowest BCUT2D eigenvalue weighted by molar-refractivity contribution is -0.385. The number of aryl methyl sites for hydroxylation is 1. The van der Waals surface area contributed by atoms with Gasteiger partial charge in [0.2, 0.25) is 11.8 Å². The van der Waals surface area contributed by atoms with Crippen LogP contribution in [-0.4, -0.2) is 57.4 Å². The molecular weight excluding hydrogens is 465 g/mol. The molecule has 0 spiro atoms. The summed E-state index contributed by atoms with van der Waals surface area (Å²) in [5.74, 6) is -4.11. The summed E-state index contributed by atoms with van der Waals surface area (Å²) in [5.41, 5.74) is 0.435. The second kappa shape index (κ2) is 8.32. The molecule has 1 N–H and O–H groups in total. The minimum absolute atomic E-state index is 0.163. The number of halogens is 2. The minimum Gasteiger partial charge on any atom is -0.454 e. The van der Waals surface area contributed by atoms with Crippen LogP contribution < -0.4 is 5.32 Å². The number of amides is 3. The number of carbonyl (C=O) groups excluding carboxylic acids is 4. The van der Waals surface area contributed by atoms with Gasteiger partial charge in [0, 0.05) is 17.3 Å². The number of ether oxygens (including phenoxy) is 1. The summed E-state index contributed by atoms with van der Waals surface area (Å²) in [6.45, 7) is 0.280. The molecule has 2 aliphatic carbocycles. The first kappa shape index (κ1) is 22.5. The van der Waals surface area contributed by atoms with Gasteiger partial charge < -0.3 is 10.1 Å². The number of nitro benzene ring substituents is 1. The molecule has 2 bridgehead atoms. The van der Waals surface area contributed by atoms with Crippen LogP contribution in [0.2, 0.25) is 0 Å². The van der Waals surface area contributed by atoms with Crippen LogP contribution in [0, 0.1) is 40.7 Å². The van der Waals surface area contributed by atoms with Crippen molar-refractivity contribution in [3.05, 3.63) is 33.9 Å². The molecule has 3 aliphatic rings. The molecule has 1 heterocycles. The zero-order chi connectivity index (χ0) is 23.3. The molecule has 0 radical (unpaired) electrons. The van der Waals surface area contributed by atoms with Crippen molar-refractivity contribution in [1.29, 1.82) is 0 Å². The Morgan fingerprint density at radius 3 is 2.34 bits per heavy atom. The first-order valence-corrected chi connectivity index (χ1v) is 10.8. The zero-order valence-electron chi connectivity index (χ0n) is 16.8. The molecule has 3 fully saturated rings. The number of rotatable bonds is 6. The Kier molecular flexibility index (Phi) is 5.85. The van der Waals surface area contributed by atoms with Gasteiger partial charge in [-0.1, -0.05) is 6.07 Å². The molecule has 4 rings (SSSR count). The number of hydrogen-bond donors (Lipinski definition) is 1. The quantitative estimate of drug-likeness (QED) is 0.214. The molecule has 0 aromatic heterocycles. The topological polar surface area (TPSA) is 136 Å². The molecule has 3 amide bonds. The van der Waals surface area contributed by atoms with E-state index in [2.05, 4.69) is 5.32 Å². The van der Waals surface area contributed by atoms with E-state index >= 15 is 0 Å². The van der Waals surface area contributed by atoms with Gasteiger partial charge >= 0.3 is 5.97 Å². The van der Waals surface area contributed by atoms with Crippen molar-refractivity contribution in [2.45, 2.75) is 24.1 Å². The number of likely N-dealkylation sites (tertiary alicyclic amines) is 1. The molecule has 0 unspecified atom stereocenters. The van der Waals surface area contributed by atoms with E-state index in [9.17, 15) is 29.3 Å². The zero-order valence-corrected chi connectivity index (χ0v) is 18.3. The maximum atomic E-state index is 12.7. The third-order valence-electron chi connectivity index (χ3n) is 6.42. The van der Waals surface area contributed by atoms with Gasteiger partial charge in [0.1, 0.15) is 6.54 Å². The fraction of sp³-hybridized carbons (Fsp3) is 0.500. The summed E-state index contributed by atoms with van der Waals surface area (Å²) in [5, 5.41) is 12.6. The lowest BCUT2D eigenvalue weighted by atomic mass is 9.80. The van der Waals surface area contributed by atoms with Crippen molar-refractivity contribution in [2.75, 3.05) is 18.5 Å². The number of esters is 1. The fourth-order valence-electron chi connectivity index (χ4n) is 4.97. The summed E-state index contributed by atoms with van der Waals surface area (Å²) >= 11 is 12.6. The van der Waals surface area contributed by atoms with Gasteiger partial charge in [0.25, 0.3) is 11.6 Å². The van der Waals surface area contributed by atoms with Crippen LogP contribution in [0.25, 0.3) is 0 Å². The van der Waals surface area contributed by atoms with E-state index in [0.717, 1.165) is 4.90 Å². The number of anilines is 1. The van der Waals surface area contributed by atoms with E-state index in [1.54, 1.807) is 6.92 Å². The largest absolute Gasteiger partial charge is 0.454 e. The Morgan fingerprint density at radius 2 is 1.78 bits per heavy atom. The SMILES string of the molecule is Cc1ccc(NC(=O)COC(=O)CN2C(=O)[C@@H]3[C@H]4C[C@@H]([C@H](Cl)[C@H]4Cl)[C@@H]3C2=O)cc1[N+](=O)[O-].